The average Bonchev–Trinajstić information content (AvgIpc) is 3.17. The van der Waals surface area contributed by atoms with E-state index in [1.807, 2.05) is 53.4 Å². The highest BCUT2D eigenvalue weighted by molar-refractivity contribution is 5.79. The average molecular weight is 421 g/mol. The highest BCUT2D eigenvalue weighted by Crippen LogP contribution is 2.24. The van der Waals surface area contributed by atoms with Gasteiger partial charge in [0.1, 0.15) is 11.5 Å². The minimum Gasteiger partial charge on any atom is -0.497 e. The van der Waals surface area contributed by atoms with Gasteiger partial charge >= 0.3 is 0 Å². The number of H-pyrrole nitrogens is 1. The van der Waals surface area contributed by atoms with Gasteiger partial charge in [0.2, 0.25) is 5.91 Å². The van der Waals surface area contributed by atoms with Gasteiger partial charge in [-0.15, -0.1) is 0 Å². The first-order valence-electron chi connectivity index (χ1n) is 10.5. The second-order valence-corrected chi connectivity index (χ2v) is 7.61. The molecular weight excluding hydrogens is 392 g/mol. The number of rotatable bonds is 6. The molecule has 0 bridgehead atoms. The van der Waals surface area contributed by atoms with Gasteiger partial charge in [0.05, 0.1) is 26.3 Å². The number of methoxy groups -OCH3 is 2. The van der Waals surface area contributed by atoms with E-state index in [-0.39, 0.29) is 5.91 Å². The monoisotopic (exact) mass is 420 g/mol. The Kier molecular flexibility index (Phi) is 6.40. The van der Waals surface area contributed by atoms with Gasteiger partial charge in [0.25, 0.3) is 0 Å². The summed E-state index contributed by atoms with van der Waals surface area (Å²) in [6.45, 7) is 3.10. The van der Waals surface area contributed by atoms with E-state index in [4.69, 9.17) is 9.47 Å². The third-order valence-corrected chi connectivity index (χ3v) is 5.65. The minimum absolute atomic E-state index is 0.160. The van der Waals surface area contributed by atoms with Crippen molar-refractivity contribution in [1.29, 1.82) is 0 Å². The van der Waals surface area contributed by atoms with Crippen LogP contribution in [0.1, 0.15) is 12.0 Å². The Bertz CT molecular complexity index is 998. The van der Waals surface area contributed by atoms with Crippen LogP contribution in [0.5, 0.6) is 11.5 Å². The SMILES string of the molecule is COc1ccc(CC(=O)N2CCCN(c3cc(-c4ccc(OC)cc4)[nH]n3)CC2)cc1. The minimum atomic E-state index is 0.160. The van der Waals surface area contributed by atoms with Gasteiger partial charge in [-0.1, -0.05) is 12.1 Å². The lowest BCUT2D eigenvalue weighted by molar-refractivity contribution is -0.130. The molecule has 162 valence electrons. The van der Waals surface area contributed by atoms with Crippen LogP contribution in [-0.2, 0) is 11.2 Å². The normalized spacial score (nSPS) is 14.3. The van der Waals surface area contributed by atoms with Gasteiger partial charge in [-0.3, -0.25) is 9.89 Å². The zero-order valence-electron chi connectivity index (χ0n) is 18.0. The van der Waals surface area contributed by atoms with E-state index in [0.717, 1.165) is 60.2 Å². The molecule has 0 unspecified atom stereocenters. The summed E-state index contributed by atoms with van der Waals surface area (Å²) in [6, 6.07) is 17.7. The third-order valence-electron chi connectivity index (χ3n) is 5.65. The first-order chi connectivity index (χ1) is 15.2. The molecule has 3 aromatic rings. The van der Waals surface area contributed by atoms with E-state index in [2.05, 4.69) is 21.2 Å². The zero-order chi connectivity index (χ0) is 21.6. The van der Waals surface area contributed by atoms with Crippen molar-refractivity contribution >= 4 is 11.7 Å². The standard InChI is InChI=1S/C24H28N4O3/c1-30-20-8-4-18(5-9-20)16-24(29)28-13-3-12-27(14-15-28)23-17-22(25-26-23)19-6-10-21(31-2)11-7-19/h4-11,17H,3,12-16H2,1-2H3,(H,25,26). The first-order valence-corrected chi connectivity index (χ1v) is 10.5. The van der Waals surface area contributed by atoms with E-state index in [0.29, 0.717) is 13.0 Å². The lowest BCUT2D eigenvalue weighted by Gasteiger charge is -2.22. The number of anilines is 1. The van der Waals surface area contributed by atoms with Gasteiger partial charge in [0.15, 0.2) is 5.82 Å². The number of carbonyl (C=O) groups excluding carboxylic acids is 1. The van der Waals surface area contributed by atoms with Crippen LogP contribution < -0.4 is 14.4 Å². The van der Waals surface area contributed by atoms with Gasteiger partial charge in [0, 0.05) is 32.2 Å². The number of ether oxygens (including phenoxy) is 2. The Balaban J connectivity index is 1.36. The smallest absolute Gasteiger partial charge is 0.227 e. The highest BCUT2D eigenvalue weighted by Gasteiger charge is 2.21. The van der Waals surface area contributed by atoms with E-state index in [1.165, 1.54) is 0 Å². The number of nitrogens with one attached hydrogen (secondary N) is 1. The number of hydrogen-bond donors (Lipinski definition) is 1. The van der Waals surface area contributed by atoms with Crippen molar-refractivity contribution in [3.8, 4) is 22.8 Å². The van der Waals surface area contributed by atoms with Crippen LogP contribution in [0, 0.1) is 0 Å². The summed E-state index contributed by atoms with van der Waals surface area (Å²) < 4.78 is 10.4. The van der Waals surface area contributed by atoms with E-state index in [9.17, 15) is 4.79 Å². The predicted octanol–water partition coefficient (Wildman–Crippen LogP) is 3.38. The molecule has 1 saturated heterocycles. The molecule has 0 saturated carbocycles. The number of carbonyl (C=O) groups is 1. The molecule has 0 spiro atoms. The Hall–Kier alpha value is -3.48. The summed E-state index contributed by atoms with van der Waals surface area (Å²) in [7, 11) is 3.30. The summed E-state index contributed by atoms with van der Waals surface area (Å²) >= 11 is 0. The maximum absolute atomic E-state index is 12.8. The van der Waals surface area contributed by atoms with Crippen LogP contribution in [0.15, 0.2) is 54.6 Å². The predicted molar refractivity (Wildman–Crippen MR) is 121 cm³/mol. The maximum Gasteiger partial charge on any atom is 0.227 e. The number of aromatic nitrogens is 2. The number of amides is 1. The van der Waals surface area contributed by atoms with Crippen molar-refractivity contribution in [3.63, 3.8) is 0 Å². The van der Waals surface area contributed by atoms with Crippen molar-refractivity contribution in [2.24, 2.45) is 0 Å². The van der Waals surface area contributed by atoms with E-state index < -0.39 is 0 Å². The van der Waals surface area contributed by atoms with Gasteiger partial charge < -0.3 is 19.3 Å². The molecule has 0 aliphatic carbocycles. The van der Waals surface area contributed by atoms with Crippen molar-refractivity contribution in [2.45, 2.75) is 12.8 Å². The number of nitrogens with zero attached hydrogens (tertiary/aromatic N) is 3. The van der Waals surface area contributed by atoms with Gasteiger partial charge in [-0.05, 0) is 53.9 Å². The van der Waals surface area contributed by atoms with E-state index >= 15 is 0 Å². The fourth-order valence-corrected chi connectivity index (χ4v) is 3.82. The molecule has 1 amide bonds. The third kappa shape index (κ3) is 4.99. The molecule has 0 radical (unpaired) electrons. The van der Waals surface area contributed by atoms with Gasteiger partial charge in [-0.2, -0.15) is 5.10 Å². The van der Waals surface area contributed by atoms with Crippen LogP contribution >= 0.6 is 0 Å². The highest BCUT2D eigenvalue weighted by atomic mass is 16.5. The second-order valence-electron chi connectivity index (χ2n) is 7.61. The Morgan fingerprint density at radius 1 is 0.935 bits per heavy atom. The fraction of sp³-hybridized carbons (Fsp3) is 0.333. The van der Waals surface area contributed by atoms with Gasteiger partial charge in [-0.25, -0.2) is 0 Å². The fourth-order valence-electron chi connectivity index (χ4n) is 3.82. The second kappa shape index (κ2) is 9.55. The van der Waals surface area contributed by atoms with Crippen LogP contribution in [-0.4, -0.2) is 61.4 Å². The Labute approximate surface area is 182 Å². The first kappa shape index (κ1) is 20.8. The molecular formula is C24H28N4O3. The van der Waals surface area contributed by atoms with Crippen molar-refractivity contribution in [3.05, 3.63) is 60.2 Å². The number of benzene rings is 2. The van der Waals surface area contributed by atoms with Crippen LogP contribution in [0.3, 0.4) is 0 Å². The largest absolute Gasteiger partial charge is 0.497 e. The summed E-state index contributed by atoms with van der Waals surface area (Å²) in [4.78, 5) is 17.0. The molecule has 7 nitrogen and oxygen atoms in total. The van der Waals surface area contributed by atoms with Crippen molar-refractivity contribution in [1.82, 2.24) is 15.1 Å². The molecule has 7 heteroatoms. The molecule has 1 aromatic heterocycles. The molecule has 2 aromatic carbocycles. The topological polar surface area (TPSA) is 70.7 Å². The zero-order valence-corrected chi connectivity index (χ0v) is 18.0. The van der Waals surface area contributed by atoms with Crippen LogP contribution in [0.4, 0.5) is 5.82 Å². The summed E-state index contributed by atoms with van der Waals surface area (Å²) in [5.41, 5.74) is 3.03. The maximum atomic E-state index is 12.8. The molecule has 1 aliphatic heterocycles. The van der Waals surface area contributed by atoms with E-state index in [1.54, 1.807) is 14.2 Å². The number of hydrogen-bond acceptors (Lipinski definition) is 5. The van der Waals surface area contributed by atoms with Crippen molar-refractivity contribution < 1.29 is 14.3 Å². The van der Waals surface area contributed by atoms with Crippen LogP contribution in [0.2, 0.25) is 0 Å². The Morgan fingerprint density at radius 3 is 2.29 bits per heavy atom. The molecule has 1 fully saturated rings. The quantitative estimate of drug-likeness (QED) is 0.662. The summed E-state index contributed by atoms with van der Waals surface area (Å²) in [6.07, 6.45) is 1.33. The summed E-state index contributed by atoms with van der Waals surface area (Å²) in [5, 5.41) is 7.64. The number of aromatic amines is 1. The van der Waals surface area contributed by atoms with Crippen molar-refractivity contribution in [2.75, 3.05) is 45.3 Å². The molecule has 4 rings (SSSR count). The lowest BCUT2D eigenvalue weighted by atomic mass is 10.1. The van der Waals surface area contributed by atoms with Crippen LogP contribution in [0.25, 0.3) is 11.3 Å². The Morgan fingerprint density at radius 2 is 1.61 bits per heavy atom. The molecule has 1 N–H and O–H groups in total. The summed E-state index contributed by atoms with van der Waals surface area (Å²) in [5.74, 6) is 2.70. The molecule has 1 aliphatic rings. The molecule has 0 atom stereocenters. The lowest BCUT2D eigenvalue weighted by Crippen LogP contribution is -2.36. The molecule has 2 heterocycles. The molecule has 31 heavy (non-hydrogen) atoms.